The first kappa shape index (κ1) is 19.8. The van der Waals surface area contributed by atoms with E-state index in [4.69, 9.17) is 0 Å². The maximum absolute atomic E-state index is 12.6. The van der Waals surface area contributed by atoms with Crippen molar-refractivity contribution in [2.75, 3.05) is 25.0 Å². The molecule has 2 rings (SSSR count). The quantitative estimate of drug-likeness (QED) is 0.727. The van der Waals surface area contributed by atoms with E-state index in [2.05, 4.69) is 22.9 Å². The SMILES string of the molecule is CCCNC(=O)CNC(=O)Nc1ccc(C(=O)N2CCCCC2C)cc1. The second-order valence-electron chi connectivity index (χ2n) is 6.58. The lowest BCUT2D eigenvalue weighted by Gasteiger charge is -2.33. The Bertz CT molecular complexity index is 630. The number of likely N-dealkylation sites (tertiary alicyclic amines) is 1. The zero-order valence-corrected chi connectivity index (χ0v) is 15.5. The van der Waals surface area contributed by atoms with E-state index in [1.54, 1.807) is 24.3 Å². The third-order valence-corrected chi connectivity index (χ3v) is 4.44. The minimum absolute atomic E-state index is 0.0285. The molecule has 4 amide bonds. The van der Waals surface area contributed by atoms with E-state index in [1.807, 2.05) is 11.8 Å². The molecule has 3 N–H and O–H groups in total. The Kier molecular flexibility index (Phi) is 7.44. The van der Waals surface area contributed by atoms with Crippen LogP contribution in [0.3, 0.4) is 0 Å². The van der Waals surface area contributed by atoms with Gasteiger partial charge in [-0.15, -0.1) is 0 Å². The van der Waals surface area contributed by atoms with Crippen molar-refractivity contribution in [3.05, 3.63) is 29.8 Å². The highest BCUT2D eigenvalue weighted by Gasteiger charge is 2.24. The summed E-state index contributed by atoms with van der Waals surface area (Å²) >= 11 is 0. The van der Waals surface area contributed by atoms with Gasteiger partial charge in [-0.3, -0.25) is 9.59 Å². The summed E-state index contributed by atoms with van der Waals surface area (Å²) in [4.78, 5) is 37.8. The number of anilines is 1. The number of carbonyl (C=O) groups is 3. The average Bonchev–Trinajstić information content (AvgIpc) is 2.65. The molecule has 1 aromatic rings. The fourth-order valence-corrected chi connectivity index (χ4v) is 2.92. The van der Waals surface area contributed by atoms with Crippen LogP contribution in [0.5, 0.6) is 0 Å². The van der Waals surface area contributed by atoms with Crippen LogP contribution in [0.4, 0.5) is 10.5 Å². The van der Waals surface area contributed by atoms with Crippen LogP contribution < -0.4 is 16.0 Å². The van der Waals surface area contributed by atoms with Gasteiger partial charge in [0.2, 0.25) is 5.91 Å². The Morgan fingerprint density at radius 1 is 1.12 bits per heavy atom. The zero-order chi connectivity index (χ0) is 18.9. The molecule has 1 aromatic carbocycles. The molecule has 7 heteroatoms. The van der Waals surface area contributed by atoms with Crippen LogP contribution in [-0.2, 0) is 4.79 Å². The van der Waals surface area contributed by atoms with Crippen LogP contribution in [0.25, 0.3) is 0 Å². The van der Waals surface area contributed by atoms with Gasteiger partial charge in [0.15, 0.2) is 0 Å². The van der Waals surface area contributed by atoms with E-state index in [-0.39, 0.29) is 24.4 Å². The number of piperidine rings is 1. The van der Waals surface area contributed by atoms with E-state index >= 15 is 0 Å². The summed E-state index contributed by atoms with van der Waals surface area (Å²) < 4.78 is 0. The van der Waals surface area contributed by atoms with E-state index < -0.39 is 6.03 Å². The lowest BCUT2D eigenvalue weighted by molar-refractivity contribution is -0.120. The summed E-state index contributed by atoms with van der Waals surface area (Å²) in [6.07, 6.45) is 4.09. The molecule has 7 nitrogen and oxygen atoms in total. The van der Waals surface area contributed by atoms with Gasteiger partial charge in [-0.2, -0.15) is 0 Å². The van der Waals surface area contributed by atoms with Crippen LogP contribution in [0, 0.1) is 0 Å². The Morgan fingerprint density at radius 2 is 1.85 bits per heavy atom. The maximum atomic E-state index is 12.6. The fourth-order valence-electron chi connectivity index (χ4n) is 2.92. The first-order chi connectivity index (χ1) is 12.5. The number of benzene rings is 1. The first-order valence-electron chi connectivity index (χ1n) is 9.24. The predicted molar refractivity (Wildman–Crippen MR) is 101 cm³/mol. The molecule has 0 bridgehead atoms. The smallest absolute Gasteiger partial charge is 0.319 e. The Labute approximate surface area is 154 Å². The van der Waals surface area contributed by atoms with Crippen molar-refractivity contribution in [2.45, 2.75) is 45.6 Å². The van der Waals surface area contributed by atoms with Crippen molar-refractivity contribution >= 4 is 23.5 Å². The lowest BCUT2D eigenvalue weighted by atomic mass is 10.0. The molecule has 142 valence electrons. The molecule has 0 radical (unpaired) electrons. The normalized spacial score (nSPS) is 16.7. The van der Waals surface area contributed by atoms with E-state index in [1.165, 1.54) is 6.42 Å². The molecule has 0 aliphatic carbocycles. The van der Waals surface area contributed by atoms with Crippen LogP contribution in [0.15, 0.2) is 24.3 Å². The molecule has 1 aliphatic heterocycles. The molecule has 1 atom stereocenters. The highest BCUT2D eigenvalue weighted by Crippen LogP contribution is 2.20. The molecule has 0 saturated carbocycles. The van der Waals surface area contributed by atoms with E-state index in [0.29, 0.717) is 17.8 Å². The summed E-state index contributed by atoms with van der Waals surface area (Å²) in [6, 6.07) is 6.62. The largest absolute Gasteiger partial charge is 0.355 e. The summed E-state index contributed by atoms with van der Waals surface area (Å²) in [7, 11) is 0. The second kappa shape index (κ2) is 9.79. The monoisotopic (exact) mass is 360 g/mol. The number of carbonyl (C=O) groups excluding carboxylic acids is 3. The van der Waals surface area contributed by atoms with Gasteiger partial charge in [-0.1, -0.05) is 6.92 Å². The van der Waals surface area contributed by atoms with Crippen LogP contribution >= 0.6 is 0 Å². The number of nitrogens with zero attached hydrogens (tertiary/aromatic N) is 1. The number of hydrogen-bond donors (Lipinski definition) is 3. The summed E-state index contributed by atoms with van der Waals surface area (Å²) in [5.74, 6) is -0.195. The van der Waals surface area contributed by atoms with Crippen LogP contribution in [0.1, 0.15) is 49.9 Å². The molecule has 0 aromatic heterocycles. The number of hydrogen-bond acceptors (Lipinski definition) is 3. The molecule has 1 aliphatic rings. The van der Waals surface area contributed by atoms with Crippen molar-refractivity contribution in [1.82, 2.24) is 15.5 Å². The third kappa shape index (κ3) is 5.75. The Hall–Kier alpha value is -2.57. The van der Waals surface area contributed by atoms with Gasteiger partial charge in [0, 0.05) is 30.4 Å². The van der Waals surface area contributed by atoms with Crippen molar-refractivity contribution in [1.29, 1.82) is 0 Å². The number of urea groups is 1. The average molecular weight is 360 g/mol. The number of rotatable bonds is 6. The van der Waals surface area contributed by atoms with Crippen molar-refractivity contribution < 1.29 is 14.4 Å². The van der Waals surface area contributed by atoms with Gasteiger partial charge in [-0.25, -0.2) is 4.79 Å². The van der Waals surface area contributed by atoms with Crippen molar-refractivity contribution in [3.8, 4) is 0 Å². The van der Waals surface area contributed by atoms with Gasteiger partial charge in [0.05, 0.1) is 6.54 Å². The summed E-state index contributed by atoms with van der Waals surface area (Å²) in [5, 5.41) is 7.83. The highest BCUT2D eigenvalue weighted by atomic mass is 16.2. The summed E-state index contributed by atoms with van der Waals surface area (Å²) in [5.41, 5.74) is 1.18. The standard InChI is InChI=1S/C19H28N4O3/c1-3-11-20-17(24)13-21-19(26)22-16-9-7-15(8-10-16)18(25)23-12-5-4-6-14(23)2/h7-10,14H,3-6,11-13H2,1-2H3,(H,20,24)(H2,21,22,26). The molecular weight excluding hydrogens is 332 g/mol. The topological polar surface area (TPSA) is 90.5 Å². The minimum atomic E-state index is -0.458. The van der Waals surface area contributed by atoms with Gasteiger partial charge < -0.3 is 20.9 Å². The molecule has 26 heavy (non-hydrogen) atoms. The number of amides is 4. The Balaban J connectivity index is 1.84. The van der Waals surface area contributed by atoms with Gasteiger partial charge in [0.1, 0.15) is 0 Å². The minimum Gasteiger partial charge on any atom is -0.355 e. The van der Waals surface area contributed by atoms with Gasteiger partial charge in [-0.05, 0) is 56.9 Å². The fraction of sp³-hybridized carbons (Fsp3) is 0.526. The third-order valence-electron chi connectivity index (χ3n) is 4.44. The lowest BCUT2D eigenvalue weighted by Crippen LogP contribution is -2.42. The van der Waals surface area contributed by atoms with Gasteiger partial charge >= 0.3 is 6.03 Å². The van der Waals surface area contributed by atoms with E-state index in [9.17, 15) is 14.4 Å². The molecule has 1 unspecified atom stereocenters. The van der Waals surface area contributed by atoms with Crippen LogP contribution in [0.2, 0.25) is 0 Å². The molecule has 0 spiro atoms. The second-order valence-corrected chi connectivity index (χ2v) is 6.58. The van der Waals surface area contributed by atoms with Crippen LogP contribution in [-0.4, -0.2) is 48.4 Å². The molecular formula is C19H28N4O3. The molecule has 1 fully saturated rings. The Morgan fingerprint density at radius 3 is 2.50 bits per heavy atom. The maximum Gasteiger partial charge on any atom is 0.319 e. The predicted octanol–water partition coefficient (Wildman–Crippen LogP) is 2.35. The van der Waals surface area contributed by atoms with Crippen molar-refractivity contribution in [3.63, 3.8) is 0 Å². The van der Waals surface area contributed by atoms with Crippen molar-refractivity contribution in [2.24, 2.45) is 0 Å². The van der Waals surface area contributed by atoms with E-state index in [0.717, 1.165) is 25.8 Å². The number of nitrogens with one attached hydrogen (secondary N) is 3. The highest BCUT2D eigenvalue weighted by molar-refractivity contribution is 5.96. The zero-order valence-electron chi connectivity index (χ0n) is 15.5. The summed E-state index contributed by atoms with van der Waals surface area (Å²) in [6.45, 7) is 5.35. The van der Waals surface area contributed by atoms with Gasteiger partial charge in [0.25, 0.3) is 5.91 Å². The molecule has 1 saturated heterocycles. The first-order valence-corrected chi connectivity index (χ1v) is 9.24. The molecule has 1 heterocycles.